The van der Waals surface area contributed by atoms with Gasteiger partial charge in [-0.2, -0.15) is 0 Å². The molecule has 0 saturated heterocycles. The monoisotopic (exact) mass is 430 g/mol. The minimum absolute atomic E-state index is 0.167. The average Bonchev–Trinajstić information content (AvgIpc) is 3.08. The van der Waals surface area contributed by atoms with E-state index in [0.717, 1.165) is 31.3 Å². The second-order valence-electron chi connectivity index (χ2n) is 12.2. The van der Waals surface area contributed by atoms with Gasteiger partial charge in [0.2, 0.25) is 0 Å². The van der Waals surface area contributed by atoms with Crippen molar-refractivity contribution in [3.8, 4) is 0 Å². The third kappa shape index (κ3) is 3.77. The molecule has 3 saturated carbocycles. The van der Waals surface area contributed by atoms with E-state index in [4.69, 9.17) is 0 Å². The number of rotatable bonds is 6. The van der Waals surface area contributed by atoms with E-state index in [1.807, 2.05) is 0 Å². The lowest BCUT2D eigenvalue weighted by Gasteiger charge is -2.60. The van der Waals surface area contributed by atoms with Gasteiger partial charge in [-0.15, -0.1) is 0 Å². The normalized spacial score (nSPS) is 45.5. The fourth-order valence-electron chi connectivity index (χ4n) is 8.61. The maximum Gasteiger partial charge on any atom is 0.0757 e. The van der Waals surface area contributed by atoms with Crippen molar-refractivity contribution in [1.29, 1.82) is 0 Å². The van der Waals surface area contributed by atoms with E-state index in [2.05, 4.69) is 40.3 Å². The van der Waals surface area contributed by atoms with Gasteiger partial charge in [0.25, 0.3) is 0 Å². The first-order valence-electron chi connectivity index (χ1n) is 13.0. The van der Waals surface area contributed by atoms with Gasteiger partial charge in [0.15, 0.2) is 0 Å². The minimum atomic E-state index is -0.427. The molecule has 31 heavy (non-hydrogen) atoms. The van der Waals surface area contributed by atoms with E-state index in [-0.39, 0.29) is 29.5 Å². The minimum Gasteiger partial charge on any atom is -0.395 e. The molecule has 176 valence electrons. The molecule has 3 N–H and O–H groups in total. The smallest absolute Gasteiger partial charge is 0.0757 e. The summed E-state index contributed by atoms with van der Waals surface area (Å²) in [4.78, 5) is 0. The van der Waals surface area contributed by atoms with E-state index in [0.29, 0.717) is 36.0 Å². The van der Waals surface area contributed by atoms with Crippen LogP contribution in [-0.2, 0) is 0 Å². The Kier molecular flexibility index (Phi) is 6.53. The molecule has 0 amide bonds. The molecular weight excluding hydrogens is 384 g/mol. The van der Waals surface area contributed by atoms with Crippen molar-refractivity contribution in [3.05, 3.63) is 23.8 Å². The molecule has 9 atom stereocenters. The van der Waals surface area contributed by atoms with Gasteiger partial charge in [-0.05, 0) is 98.7 Å². The molecule has 0 aromatic rings. The Morgan fingerprint density at radius 2 is 1.84 bits per heavy atom. The molecule has 0 bridgehead atoms. The molecule has 0 radical (unpaired) electrons. The summed E-state index contributed by atoms with van der Waals surface area (Å²) in [7, 11) is 0. The molecule has 4 unspecified atom stereocenters. The standard InChI is InChI=1S/C28H46O3/c1-17(2)18(3)6-7-19(4)22-8-9-23-26-24(11-12-27(22,23)5)28(16-29)13-10-21(30)14-20(28)15-25(26)31/h15,17,19,21-26,29-31H,3,6-14,16H2,1-2,4-5H3/t19-,21+,22?,23?,24?,25+,26?,27-,28-/m1/s1. The number of fused-ring (bicyclic) bond motifs is 5. The Morgan fingerprint density at radius 3 is 2.52 bits per heavy atom. The second-order valence-corrected chi connectivity index (χ2v) is 12.2. The third-order valence-corrected chi connectivity index (χ3v) is 10.6. The highest BCUT2D eigenvalue weighted by atomic mass is 16.3. The molecule has 3 heteroatoms. The molecule has 0 aliphatic heterocycles. The molecular formula is C28H46O3. The van der Waals surface area contributed by atoms with Crippen LogP contribution in [0.25, 0.3) is 0 Å². The van der Waals surface area contributed by atoms with Gasteiger partial charge < -0.3 is 15.3 Å². The predicted molar refractivity (Wildman–Crippen MR) is 126 cm³/mol. The summed E-state index contributed by atoms with van der Waals surface area (Å²) in [5, 5.41) is 32.1. The lowest BCUT2D eigenvalue weighted by atomic mass is 9.46. The number of aliphatic hydroxyl groups is 3. The van der Waals surface area contributed by atoms with Crippen LogP contribution in [0.5, 0.6) is 0 Å². The number of aliphatic hydroxyl groups excluding tert-OH is 3. The summed E-state index contributed by atoms with van der Waals surface area (Å²) >= 11 is 0. The summed E-state index contributed by atoms with van der Waals surface area (Å²) in [6, 6.07) is 0. The predicted octanol–water partition coefficient (Wildman–Crippen LogP) is 5.50. The molecule has 3 fully saturated rings. The van der Waals surface area contributed by atoms with Crippen LogP contribution in [0, 0.1) is 46.3 Å². The van der Waals surface area contributed by atoms with Crippen LogP contribution in [0.15, 0.2) is 23.8 Å². The second kappa shape index (κ2) is 8.61. The summed E-state index contributed by atoms with van der Waals surface area (Å²) in [5.74, 6) is 3.12. The summed E-state index contributed by atoms with van der Waals surface area (Å²) in [6.07, 6.45) is 10.7. The number of hydrogen-bond acceptors (Lipinski definition) is 3. The first-order valence-corrected chi connectivity index (χ1v) is 13.0. The Balaban J connectivity index is 1.56. The van der Waals surface area contributed by atoms with Gasteiger partial charge in [-0.3, -0.25) is 0 Å². The van der Waals surface area contributed by atoms with Gasteiger partial charge in [-0.25, -0.2) is 0 Å². The Morgan fingerprint density at radius 1 is 1.10 bits per heavy atom. The van der Waals surface area contributed by atoms with Gasteiger partial charge in [0.05, 0.1) is 18.8 Å². The fraction of sp³-hybridized carbons (Fsp3) is 0.857. The summed E-state index contributed by atoms with van der Waals surface area (Å²) in [5.41, 5.74) is 2.60. The van der Waals surface area contributed by atoms with Crippen LogP contribution >= 0.6 is 0 Å². The van der Waals surface area contributed by atoms with Crippen molar-refractivity contribution in [3.63, 3.8) is 0 Å². The van der Waals surface area contributed by atoms with Crippen molar-refractivity contribution in [2.75, 3.05) is 6.61 Å². The highest BCUT2D eigenvalue weighted by Gasteiger charge is 2.62. The summed E-state index contributed by atoms with van der Waals surface area (Å²) in [6.45, 7) is 13.9. The third-order valence-electron chi connectivity index (χ3n) is 10.6. The molecule has 4 rings (SSSR count). The Labute approximate surface area is 190 Å². The first-order chi connectivity index (χ1) is 14.6. The van der Waals surface area contributed by atoms with Crippen molar-refractivity contribution in [2.24, 2.45) is 46.3 Å². The van der Waals surface area contributed by atoms with Crippen molar-refractivity contribution >= 4 is 0 Å². The van der Waals surface area contributed by atoms with E-state index in [1.165, 1.54) is 31.3 Å². The van der Waals surface area contributed by atoms with Crippen LogP contribution in [0.2, 0.25) is 0 Å². The van der Waals surface area contributed by atoms with Gasteiger partial charge >= 0.3 is 0 Å². The van der Waals surface area contributed by atoms with E-state index in [9.17, 15) is 15.3 Å². The molecule has 0 spiro atoms. The quantitative estimate of drug-likeness (QED) is 0.488. The van der Waals surface area contributed by atoms with Crippen LogP contribution in [0.4, 0.5) is 0 Å². The lowest BCUT2D eigenvalue weighted by Crippen LogP contribution is -2.57. The van der Waals surface area contributed by atoms with Crippen LogP contribution in [0.3, 0.4) is 0 Å². The Hall–Kier alpha value is -0.640. The van der Waals surface area contributed by atoms with Crippen molar-refractivity contribution in [2.45, 2.75) is 97.7 Å². The van der Waals surface area contributed by atoms with Gasteiger partial charge in [0.1, 0.15) is 0 Å². The highest BCUT2D eigenvalue weighted by Crippen LogP contribution is 2.67. The maximum absolute atomic E-state index is 11.3. The maximum atomic E-state index is 11.3. The van der Waals surface area contributed by atoms with E-state index >= 15 is 0 Å². The number of hydrogen-bond donors (Lipinski definition) is 3. The zero-order valence-electron chi connectivity index (χ0n) is 20.3. The van der Waals surface area contributed by atoms with Crippen LogP contribution in [-0.4, -0.2) is 34.1 Å². The molecule has 0 aromatic carbocycles. The highest BCUT2D eigenvalue weighted by molar-refractivity contribution is 5.29. The van der Waals surface area contributed by atoms with Crippen molar-refractivity contribution in [1.82, 2.24) is 0 Å². The number of allylic oxidation sites excluding steroid dienone is 1. The molecule has 4 aliphatic rings. The SMILES string of the molecule is C=C(CC[C@@H](C)C1CCC2C3C(CC[C@@]21C)[C@@]1(CO)CC[C@H](O)CC1=C[C@@H]3O)C(C)C. The van der Waals surface area contributed by atoms with Crippen molar-refractivity contribution < 1.29 is 15.3 Å². The fourth-order valence-corrected chi connectivity index (χ4v) is 8.61. The van der Waals surface area contributed by atoms with Crippen LogP contribution in [0.1, 0.15) is 85.5 Å². The lowest BCUT2D eigenvalue weighted by molar-refractivity contribution is -0.114. The molecule has 4 aliphatic carbocycles. The molecule has 0 aromatic heterocycles. The van der Waals surface area contributed by atoms with E-state index in [1.54, 1.807) is 0 Å². The first kappa shape index (κ1) is 23.5. The Bertz CT molecular complexity index is 711. The van der Waals surface area contributed by atoms with Gasteiger partial charge in [-0.1, -0.05) is 51.5 Å². The molecule has 3 nitrogen and oxygen atoms in total. The zero-order valence-corrected chi connectivity index (χ0v) is 20.3. The topological polar surface area (TPSA) is 60.7 Å². The summed E-state index contributed by atoms with van der Waals surface area (Å²) < 4.78 is 0. The van der Waals surface area contributed by atoms with Crippen LogP contribution < -0.4 is 0 Å². The largest absolute Gasteiger partial charge is 0.395 e. The van der Waals surface area contributed by atoms with E-state index < -0.39 is 6.10 Å². The molecule has 0 heterocycles. The average molecular weight is 431 g/mol. The van der Waals surface area contributed by atoms with Gasteiger partial charge in [0, 0.05) is 5.41 Å². The zero-order chi connectivity index (χ0) is 22.6.